The van der Waals surface area contributed by atoms with Crippen LogP contribution in [0.4, 0.5) is 5.00 Å². The monoisotopic (exact) mass is 409 g/mol. The van der Waals surface area contributed by atoms with Gasteiger partial charge in [0, 0.05) is 10.9 Å². The molecule has 0 radical (unpaired) electrons. The summed E-state index contributed by atoms with van der Waals surface area (Å²) in [6, 6.07) is 15.1. The van der Waals surface area contributed by atoms with Crippen molar-refractivity contribution in [3.05, 3.63) is 70.6 Å². The van der Waals surface area contributed by atoms with Gasteiger partial charge in [-0.3, -0.25) is 4.79 Å². The molecule has 5 nitrogen and oxygen atoms in total. The van der Waals surface area contributed by atoms with Crippen LogP contribution < -0.4 is 10.1 Å². The Morgan fingerprint density at radius 2 is 1.79 bits per heavy atom. The SMILES string of the molecule is CCOC(=O)c1c(-c2ccc(C)c(C)c2)csc1NC(=O)COc1ccccc1. The molecule has 1 heterocycles. The number of benzene rings is 2. The molecule has 0 spiro atoms. The Morgan fingerprint density at radius 1 is 1.03 bits per heavy atom. The molecule has 0 saturated carbocycles. The van der Waals surface area contributed by atoms with Crippen molar-refractivity contribution >= 4 is 28.2 Å². The highest BCUT2D eigenvalue weighted by molar-refractivity contribution is 7.15. The number of amides is 1. The number of rotatable bonds is 7. The molecule has 0 aliphatic rings. The average molecular weight is 410 g/mol. The zero-order chi connectivity index (χ0) is 20.8. The van der Waals surface area contributed by atoms with E-state index in [-0.39, 0.29) is 19.1 Å². The highest BCUT2D eigenvalue weighted by Crippen LogP contribution is 2.37. The molecule has 0 unspecified atom stereocenters. The zero-order valence-electron chi connectivity index (χ0n) is 16.7. The van der Waals surface area contributed by atoms with Crippen LogP contribution in [0.5, 0.6) is 5.75 Å². The maximum atomic E-state index is 12.6. The standard InChI is InChI=1S/C23H23NO4S/c1-4-27-23(26)21-19(17-11-10-15(2)16(3)12-17)14-29-22(21)24-20(25)13-28-18-8-6-5-7-9-18/h5-12,14H,4,13H2,1-3H3,(H,24,25). The molecule has 6 heteroatoms. The van der Waals surface area contributed by atoms with E-state index in [1.54, 1.807) is 19.1 Å². The lowest BCUT2D eigenvalue weighted by Gasteiger charge is -2.10. The summed E-state index contributed by atoms with van der Waals surface area (Å²) in [4.78, 5) is 25.0. The number of thiophene rings is 1. The molecule has 1 amide bonds. The second kappa shape index (κ2) is 9.39. The Kier molecular flexibility index (Phi) is 6.67. The number of ether oxygens (including phenoxy) is 2. The molecule has 3 rings (SSSR count). The van der Waals surface area contributed by atoms with Crippen molar-refractivity contribution in [1.82, 2.24) is 0 Å². The van der Waals surface area contributed by atoms with E-state index in [1.165, 1.54) is 16.9 Å². The van der Waals surface area contributed by atoms with Gasteiger partial charge in [-0.25, -0.2) is 4.79 Å². The van der Waals surface area contributed by atoms with Crippen molar-refractivity contribution in [3.63, 3.8) is 0 Å². The number of esters is 1. The van der Waals surface area contributed by atoms with Crippen molar-refractivity contribution < 1.29 is 19.1 Å². The van der Waals surface area contributed by atoms with E-state index in [1.807, 2.05) is 55.6 Å². The van der Waals surface area contributed by atoms with Crippen LogP contribution in [-0.4, -0.2) is 25.1 Å². The van der Waals surface area contributed by atoms with E-state index in [0.717, 1.165) is 16.7 Å². The smallest absolute Gasteiger partial charge is 0.341 e. The van der Waals surface area contributed by atoms with Gasteiger partial charge in [0.05, 0.1) is 6.61 Å². The molecule has 0 aliphatic carbocycles. The van der Waals surface area contributed by atoms with Crippen LogP contribution in [0.3, 0.4) is 0 Å². The minimum atomic E-state index is -0.457. The minimum absolute atomic E-state index is 0.150. The van der Waals surface area contributed by atoms with Gasteiger partial charge in [0.25, 0.3) is 5.91 Å². The fraction of sp³-hybridized carbons (Fsp3) is 0.217. The molecule has 0 aliphatic heterocycles. The summed E-state index contributed by atoms with van der Waals surface area (Å²) in [5.74, 6) is -0.190. The van der Waals surface area contributed by atoms with Crippen LogP contribution in [0.25, 0.3) is 11.1 Å². The number of carbonyl (C=O) groups is 2. The summed E-state index contributed by atoms with van der Waals surface area (Å²) < 4.78 is 10.7. The number of nitrogens with one attached hydrogen (secondary N) is 1. The van der Waals surface area contributed by atoms with E-state index in [0.29, 0.717) is 16.3 Å². The Morgan fingerprint density at radius 3 is 2.48 bits per heavy atom. The van der Waals surface area contributed by atoms with Gasteiger partial charge in [-0.05, 0) is 49.6 Å². The van der Waals surface area contributed by atoms with Gasteiger partial charge < -0.3 is 14.8 Å². The van der Waals surface area contributed by atoms with Gasteiger partial charge in [-0.2, -0.15) is 0 Å². The largest absolute Gasteiger partial charge is 0.484 e. The molecule has 3 aromatic rings. The average Bonchev–Trinajstić information content (AvgIpc) is 3.13. The van der Waals surface area contributed by atoms with Crippen molar-refractivity contribution in [1.29, 1.82) is 0 Å². The van der Waals surface area contributed by atoms with Crippen LogP contribution in [-0.2, 0) is 9.53 Å². The molecule has 0 fully saturated rings. The Bertz CT molecular complexity index is 1010. The molecule has 1 N–H and O–H groups in total. The summed E-state index contributed by atoms with van der Waals surface area (Å²) in [6.45, 7) is 5.93. The molecular formula is C23H23NO4S. The fourth-order valence-corrected chi connectivity index (χ4v) is 3.78. The Hall–Kier alpha value is -3.12. The molecule has 0 saturated heterocycles. The first-order valence-corrected chi connectivity index (χ1v) is 10.2. The summed E-state index contributed by atoms with van der Waals surface area (Å²) in [6.07, 6.45) is 0. The quantitative estimate of drug-likeness (QED) is 0.543. The lowest BCUT2D eigenvalue weighted by molar-refractivity contribution is -0.118. The lowest BCUT2D eigenvalue weighted by atomic mass is 9.99. The van der Waals surface area contributed by atoms with E-state index in [2.05, 4.69) is 5.32 Å². The number of para-hydroxylation sites is 1. The number of anilines is 1. The van der Waals surface area contributed by atoms with E-state index >= 15 is 0 Å². The van der Waals surface area contributed by atoms with Gasteiger partial charge in [-0.1, -0.05) is 36.4 Å². The highest BCUT2D eigenvalue weighted by Gasteiger charge is 2.23. The summed E-state index contributed by atoms with van der Waals surface area (Å²) in [5, 5.41) is 5.11. The highest BCUT2D eigenvalue weighted by atomic mass is 32.1. The van der Waals surface area contributed by atoms with Crippen LogP contribution in [0.1, 0.15) is 28.4 Å². The van der Waals surface area contributed by atoms with E-state index < -0.39 is 5.97 Å². The van der Waals surface area contributed by atoms with Crippen molar-refractivity contribution in [3.8, 4) is 16.9 Å². The van der Waals surface area contributed by atoms with E-state index in [4.69, 9.17) is 9.47 Å². The number of carbonyl (C=O) groups excluding carboxylic acids is 2. The number of aryl methyl sites for hydroxylation is 2. The predicted octanol–water partition coefficient (Wildman–Crippen LogP) is 5.23. The van der Waals surface area contributed by atoms with Crippen LogP contribution >= 0.6 is 11.3 Å². The fourth-order valence-electron chi connectivity index (χ4n) is 2.81. The van der Waals surface area contributed by atoms with Gasteiger partial charge in [0.15, 0.2) is 6.61 Å². The molecule has 29 heavy (non-hydrogen) atoms. The first kappa shape index (κ1) is 20.6. The van der Waals surface area contributed by atoms with Gasteiger partial charge >= 0.3 is 5.97 Å². The molecule has 150 valence electrons. The normalized spacial score (nSPS) is 10.4. The number of hydrogen-bond acceptors (Lipinski definition) is 5. The molecular weight excluding hydrogens is 386 g/mol. The van der Waals surface area contributed by atoms with Gasteiger partial charge in [0.1, 0.15) is 16.3 Å². The first-order valence-electron chi connectivity index (χ1n) is 9.33. The number of hydrogen-bond donors (Lipinski definition) is 1. The molecule has 2 aromatic carbocycles. The lowest BCUT2D eigenvalue weighted by Crippen LogP contribution is -2.21. The topological polar surface area (TPSA) is 64.6 Å². The van der Waals surface area contributed by atoms with E-state index in [9.17, 15) is 9.59 Å². The molecule has 0 atom stereocenters. The minimum Gasteiger partial charge on any atom is -0.484 e. The summed E-state index contributed by atoms with van der Waals surface area (Å²) in [5.41, 5.74) is 4.33. The third-order valence-corrected chi connectivity index (χ3v) is 5.35. The first-order chi connectivity index (χ1) is 14.0. The van der Waals surface area contributed by atoms with Crippen molar-refractivity contribution in [2.24, 2.45) is 0 Å². The molecule has 0 bridgehead atoms. The zero-order valence-corrected chi connectivity index (χ0v) is 17.5. The predicted molar refractivity (Wildman–Crippen MR) is 116 cm³/mol. The van der Waals surface area contributed by atoms with Crippen LogP contribution in [0.2, 0.25) is 0 Å². The molecule has 1 aromatic heterocycles. The van der Waals surface area contributed by atoms with Crippen LogP contribution in [0.15, 0.2) is 53.9 Å². The van der Waals surface area contributed by atoms with Crippen molar-refractivity contribution in [2.45, 2.75) is 20.8 Å². The summed E-state index contributed by atoms with van der Waals surface area (Å²) >= 11 is 1.30. The Labute approximate surface area is 174 Å². The van der Waals surface area contributed by atoms with Gasteiger partial charge in [-0.15, -0.1) is 11.3 Å². The van der Waals surface area contributed by atoms with Gasteiger partial charge in [0.2, 0.25) is 0 Å². The maximum Gasteiger partial charge on any atom is 0.341 e. The maximum absolute atomic E-state index is 12.6. The van der Waals surface area contributed by atoms with Crippen molar-refractivity contribution in [2.75, 3.05) is 18.5 Å². The second-order valence-electron chi connectivity index (χ2n) is 6.52. The third-order valence-electron chi connectivity index (χ3n) is 4.45. The third kappa shape index (κ3) is 5.03. The Balaban J connectivity index is 1.84. The van der Waals surface area contributed by atoms with Crippen LogP contribution in [0, 0.1) is 13.8 Å². The summed E-state index contributed by atoms with van der Waals surface area (Å²) in [7, 11) is 0. The second-order valence-corrected chi connectivity index (χ2v) is 7.40.